The molecule has 0 saturated heterocycles. The minimum absolute atomic E-state index is 0. The van der Waals surface area contributed by atoms with E-state index in [1.165, 1.54) is 18.2 Å². The zero-order valence-corrected chi connectivity index (χ0v) is 6.19. The van der Waals surface area contributed by atoms with Gasteiger partial charge in [-0.2, -0.15) is 43.5 Å². The molecule has 0 fully saturated rings. The molecule has 1 aromatic rings. The molecule has 0 amide bonds. The molecule has 0 unspecified atom stereocenters. The molecule has 0 bridgehead atoms. The van der Waals surface area contributed by atoms with Gasteiger partial charge in [0.25, 0.3) is 0 Å². The number of hydrogen-bond donors (Lipinski definition) is 0. The van der Waals surface area contributed by atoms with Crippen LogP contribution in [0.1, 0.15) is 5.56 Å². The van der Waals surface area contributed by atoms with Gasteiger partial charge in [-0.3, -0.25) is 0 Å². The molecule has 0 aromatic heterocycles. The molecular weight excluding hydrogens is 205 g/mol. The molecule has 0 N–H and O–H groups in total. The van der Waals surface area contributed by atoms with Gasteiger partial charge >= 0.3 is 23.2 Å². The van der Waals surface area contributed by atoms with Crippen LogP contribution in [0.15, 0.2) is 24.3 Å². The van der Waals surface area contributed by atoms with E-state index in [9.17, 15) is 13.2 Å². The molecule has 0 heterocycles. The molecule has 0 spiro atoms. The fourth-order valence-corrected chi connectivity index (χ4v) is 0.570. The standard InChI is InChI=1S/C7H4F3.Cu/c8-7(9,10)6-4-2-1-3-5-6;/h1-4H;/q-1;+1. The van der Waals surface area contributed by atoms with Crippen molar-refractivity contribution in [2.45, 2.75) is 6.18 Å². The normalized spacial score (nSPS) is 10.5. The molecule has 1 rings (SSSR count). The van der Waals surface area contributed by atoms with Crippen molar-refractivity contribution in [2.75, 3.05) is 0 Å². The summed E-state index contributed by atoms with van der Waals surface area (Å²) in [6.45, 7) is 0. The maximum atomic E-state index is 11.8. The minimum Gasteiger partial charge on any atom is -0.176 e. The summed E-state index contributed by atoms with van der Waals surface area (Å²) in [7, 11) is 0. The summed E-state index contributed by atoms with van der Waals surface area (Å²) in [4.78, 5) is 0. The Morgan fingerprint density at radius 2 is 1.82 bits per heavy atom. The first kappa shape index (κ1) is 10.5. The van der Waals surface area contributed by atoms with E-state index in [0.29, 0.717) is 0 Å². The summed E-state index contributed by atoms with van der Waals surface area (Å²) >= 11 is 0. The van der Waals surface area contributed by atoms with Crippen LogP contribution in [0.25, 0.3) is 0 Å². The van der Waals surface area contributed by atoms with Crippen LogP contribution in [0.5, 0.6) is 0 Å². The number of benzene rings is 1. The van der Waals surface area contributed by atoms with Gasteiger partial charge in [0.2, 0.25) is 0 Å². The predicted octanol–water partition coefficient (Wildman–Crippen LogP) is 2.50. The SMILES string of the molecule is FC(F)(F)c1[c-]cccc1.[Cu+]. The van der Waals surface area contributed by atoms with Gasteiger partial charge in [0, 0.05) is 0 Å². The van der Waals surface area contributed by atoms with E-state index in [-0.39, 0.29) is 17.1 Å². The Kier molecular flexibility index (Phi) is 3.63. The molecule has 0 radical (unpaired) electrons. The number of halogens is 3. The molecular formula is C7H4CuF3. The van der Waals surface area contributed by atoms with Crippen molar-refractivity contribution < 1.29 is 30.2 Å². The molecule has 0 nitrogen and oxygen atoms in total. The van der Waals surface area contributed by atoms with Crippen LogP contribution in [0.3, 0.4) is 0 Å². The Hall–Kier alpha value is -0.471. The Labute approximate surface area is 72.9 Å². The summed E-state index contributed by atoms with van der Waals surface area (Å²) in [5.74, 6) is 0. The van der Waals surface area contributed by atoms with Crippen LogP contribution >= 0.6 is 0 Å². The van der Waals surface area contributed by atoms with Crippen LogP contribution in [0.4, 0.5) is 13.2 Å². The molecule has 1 aromatic carbocycles. The Morgan fingerprint density at radius 1 is 1.18 bits per heavy atom. The van der Waals surface area contributed by atoms with Crippen molar-refractivity contribution in [3.8, 4) is 0 Å². The summed E-state index contributed by atoms with van der Waals surface area (Å²) in [5.41, 5.74) is -0.727. The topological polar surface area (TPSA) is 0 Å². The number of hydrogen-bond acceptors (Lipinski definition) is 0. The van der Waals surface area contributed by atoms with E-state index < -0.39 is 11.7 Å². The Balaban J connectivity index is 0.000001000. The summed E-state index contributed by atoms with van der Waals surface area (Å²) in [6, 6.07) is 7.14. The van der Waals surface area contributed by atoms with Gasteiger partial charge in [0.05, 0.1) is 0 Å². The molecule has 4 heteroatoms. The summed E-state index contributed by atoms with van der Waals surface area (Å²) in [5, 5.41) is 0. The van der Waals surface area contributed by atoms with E-state index in [1.54, 1.807) is 0 Å². The van der Waals surface area contributed by atoms with Crippen LogP contribution in [0, 0.1) is 6.07 Å². The van der Waals surface area contributed by atoms with Gasteiger partial charge in [0.1, 0.15) is 0 Å². The first-order valence-corrected chi connectivity index (χ1v) is 2.64. The zero-order chi connectivity index (χ0) is 7.61. The van der Waals surface area contributed by atoms with Crippen molar-refractivity contribution in [1.29, 1.82) is 0 Å². The van der Waals surface area contributed by atoms with Crippen LogP contribution in [0.2, 0.25) is 0 Å². The maximum absolute atomic E-state index is 11.8. The van der Waals surface area contributed by atoms with Crippen molar-refractivity contribution in [3.63, 3.8) is 0 Å². The van der Waals surface area contributed by atoms with Crippen LogP contribution in [-0.2, 0) is 23.2 Å². The molecule has 0 aliphatic heterocycles. The average Bonchev–Trinajstić information content (AvgIpc) is 1.88. The van der Waals surface area contributed by atoms with Crippen molar-refractivity contribution >= 4 is 0 Å². The smallest absolute Gasteiger partial charge is 0.176 e. The first-order chi connectivity index (χ1) is 4.61. The first-order valence-electron chi connectivity index (χ1n) is 2.64. The van der Waals surface area contributed by atoms with Gasteiger partial charge in [-0.15, -0.1) is 0 Å². The average molecular weight is 209 g/mol. The van der Waals surface area contributed by atoms with Crippen molar-refractivity contribution in [3.05, 3.63) is 35.9 Å². The van der Waals surface area contributed by atoms with Gasteiger partial charge in [-0.25, -0.2) is 0 Å². The largest absolute Gasteiger partial charge is 1.00 e. The third-order valence-corrected chi connectivity index (χ3v) is 1.01. The van der Waals surface area contributed by atoms with Crippen LogP contribution < -0.4 is 0 Å². The molecule has 64 valence electrons. The zero-order valence-electron chi connectivity index (χ0n) is 5.24. The molecule has 0 aliphatic carbocycles. The third kappa shape index (κ3) is 2.95. The van der Waals surface area contributed by atoms with Crippen LogP contribution in [-0.4, -0.2) is 0 Å². The van der Waals surface area contributed by atoms with E-state index in [0.717, 1.165) is 6.07 Å². The van der Waals surface area contributed by atoms with E-state index >= 15 is 0 Å². The monoisotopic (exact) mass is 208 g/mol. The van der Waals surface area contributed by atoms with E-state index in [1.807, 2.05) is 0 Å². The third-order valence-electron chi connectivity index (χ3n) is 1.01. The van der Waals surface area contributed by atoms with Gasteiger partial charge < -0.3 is 0 Å². The summed E-state index contributed by atoms with van der Waals surface area (Å²) in [6.07, 6.45) is -4.26. The molecule has 0 saturated carbocycles. The Morgan fingerprint density at radius 3 is 2.09 bits per heavy atom. The fourth-order valence-electron chi connectivity index (χ4n) is 0.570. The quantitative estimate of drug-likeness (QED) is 0.454. The molecule has 11 heavy (non-hydrogen) atoms. The Bertz CT molecular complexity index is 205. The number of alkyl halides is 3. The predicted molar refractivity (Wildman–Crippen MR) is 30.3 cm³/mol. The second kappa shape index (κ2) is 3.79. The molecule has 0 atom stereocenters. The maximum Gasteiger partial charge on any atom is 1.00 e. The van der Waals surface area contributed by atoms with Crippen molar-refractivity contribution in [1.82, 2.24) is 0 Å². The summed E-state index contributed by atoms with van der Waals surface area (Å²) < 4.78 is 35.3. The second-order valence-electron chi connectivity index (χ2n) is 1.77. The minimum atomic E-state index is -4.26. The van der Waals surface area contributed by atoms with Gasteiger partial charge in [-0.1, -0.05) is 5.56 Å². The van der Waals surface area contributed by atoms with E-state index in [2.05, 4.69) is 6.07 Å². The number of rotatable bonds is 0. The fraction of sp³-hybridized carbons (Fsp3) is 0.143. The van der Waals surface area contributed by atoms with Gasteiger partial charge in [-0.05, 0) is 0 Å². The van der Waals surface area contributed by atoms with E-state index in [4.69, 9.17) is 0 Å². The van der Waals surface area contributed by atoms with Gasteiger partial charge in [0.15, 0.2) is 0 Å². The second-order valence-corrected chi connectivity index (χ2v) is 1.77. The molecule has 0 aliphatic rings. The van der Waals surface area contributed by atoms with Crippen molar-refractivity contribution in [2.24, 2.45) is 0 Å².